The summed E-state index contributed by atoms with van der Waals surface area (Å²) >= 11 is 1.67. The lowest BCUT2D eigenvalue weighted by atomic mass is 10.0. The van der Waals surface area contributed by atoms with Crippen LogP contribution < -0.4 is 5.56 Å². The van der Waals surface area contributed by atoms with Gasteiger partial charge in [0.25, 0.3) is 5.56 Å². The van der Waals surface area contributed by atoms with Crippen molar-refractivity contribution >= 4 is 21.6 Å². The van der Waals surface area contributed by atoms with Crippen LogP contribution in [0.3, 0.4) is 0 Å². The van der Waals surface area contributed by atoms with Crippen molar-refractivity contribution in [2.75, 3.05) is 0 Å². The fourth-order valence-corrected chi connectivity index (χ4v) is 4.83. The molecular formula is C19H20N2O2S. The predicted octanol–water partition coefficient (Wildman–Crippen LogP) is 4.24. The molecule has 0 unspecified atom stereocenters. The molecule has 0 radical (unpaired) electrons. The van der Waals surface area contributed by atoms with E-state index in [2.05, 4.69) is 4.98 Å². The first kappa shape index (κ1) is 15.4. The number of nitrogens with one attached hydrogen (secondary N) is 1. The minimum Gasteiger partial charge on any atom is -0.507 e. The van der Waals surface area contributed by atoms with Gasteiger partial charge in [-0.25, -0.2) is 4.98 Å². The van der Waals surface area contributed by atoms with Crippen molar-refractivity contribution in [1.82, 2.24) is 9.97 Å². The molecule has 3 aromatic rings. The van der Waals surface area contributed by atoms with E-state index >= 15 is 0 Å². The topological polar surface area (TPSA) is 66.0 Å². The van der Waals surface area contributed by atoms with Crippen molar-refractivity contribution in [3.8, 4) is 17.1 Å². The summed E-state index contributed by atoms with van der Waals surface area (Å²) < 4.78 is 0. The van der Waals surface area contributed by atoms with Crippen molar-refractivity contribution in [3.63, 3.8) is 0 Å². The van der Waals surface area contributed by atoms with E-state index in [0.717, 1.165) is 46.2 Å². The summed E-state index contributed by atoms with van der Waals surface area (Å²) in [5.41, 5.74) is 3.58. The molecule has 0 aliphatic heterocycles. The van der Waals surface area contributed by atoms with E-state index in [0.29, 0.717) is 11.6 Å². The summed E-state index contributed by atoms with van der Waals surface area (Å²) in [7, 11) is 0. The number of phenolic OH excluding ortho intramolecular Hbond substituents is 1. The summed E-state index contributed by atoms with van der Waals surface area (Å²) in [5, 5.41) is 10.7. The highest BCUT2D eigenvalue weighted by Crippen LogP contribution is 2.34. The van der Waals surface area contributed by atoms with Crippen LogP contribution in [0.5, 0.6) is 5.75 Å². The maximum atomic E-state index is 12.7. The summed E-state index contributed by atoms with van der Waals surface area (Å²) in [6.45, 7) is 3.71. The number of phenols is 1. The van der Waals surface area contributed by atoms with Gasteiger partial charge in [-0.15, -0.1) is 11.3 Å². The summed E-state index contributed by atoms with van der Waals surface area (Å²) in [6, 6.07) is 3.73. The SMILES string of the molecule is Cc1cc(-c2nc3sc4c(c3c(=O)[nH]2)CCCCC4)cc(C)c1O. The van der Waals surface area contributed by atoms with Crippen LogP contribution in [0.1, 0.15) is 40.8 Å². The number of hydrogen-bond acceptors (Lipinski definition) is 4. The number of aromatic hydroxyl groups is 1. The summed E-state index contributed by atoms with van der Waals surface area (Å²) in [5.74, 6) is 0.875. The third-order valence-electron chi connectivity index (χ3n) is 4.84. The van der Waals surface area contributed by atoms with Crippen molar-refractivity contribution in [2.45, 2.75) is 46.0 Å². The molecule has 124 valence electrons. The summed E-state index contributed by atoms with van der Waals surface area (Å²) in [4.78, 5) is 22.6. The van der Waals surface area contributed by atoms with Crippen molar-refractivity contribution in [1.29, 1.82) is 0 Å². The molecule has 0 saturated carbocycles. The highest BCUT2D eigenvalue weighted by molar-refractivity contribution is 7.18. The number of H-pyrrole nitrogens is 1. The standard InChI is InChI=1S/C19H20N2O2S/c1-10-8-12(9-11(2)16(10)22)17-20-18(23)15-13-6-4-3-5-7-14(13)24-19(15)21-17/h8-9,22H,3-7H2,1-2H3,(H,20,21,23). The van der Waals surface area contributed by atoms with Gasteiger partial charge < -0.3 is 10.1 Å². The Hall–Kier alpha value is -2.14. The largest absolute Gasteiger partial charge is 0.507 e. The Bertz CT molecular complexity index is 977. The van der Waals surface area contributed by atoms with E-state index in [1.807, 2.05) is 26.0 Å². The van der Waals surface area contributed by atoms with Gasteiger partial charge in [-0.1, -0.05) is 6.42 Å². The molecule has 5 heteroatoms. The number of aromatic nitrogens is 2. The monoisotopic (exact) mass is 340 g/mol. The van der Waals surface area contributed by atoms with E-state index in [1.54, 1.807) is 11.3 Å². The third kappa shape index (κ3) is 2.44. The number of hydrogen-bond donors (Lipinski definition) is 2. The lowest BCUT2D eigenvalue weighted by molar-refractivity contribution is 0.467. The van der Waals surface area contributed by atoms with Crippen LogP contribution in [0.4, 0.5) is 0 Å². The van der Waals surface area contributed by atoms with Gasteiger partial charge in [-0.05, 0) is 68.4 Å². The first-order valence-electron chi connectivity index (χ1n) is 8.40. The average Bonchev–Trinajstić information content (AvgIpc) is 2.74. The van der Waals surface area contributed by atoms with Crippen LogP contribution in [0.15, 0.2) is 16.9 Å². The smallest absolute Gasteiger partial charge is 0.260 e. The molecule has 0 amide bonds. The van der Waals surface area contributed by atoms with Gasteiger partial charge in [0.2, 0.25) is 0 Å². The second-order valence-electron chi connectivity index (χ2n) is 6.62. The second kappa shape index (κ2) is 5.74. The molecule has 2 heterocycles. The average molecular weight is 340 g/mol. The zero-order chi connectivity index (χ0) is 16.8. The number of nitrogens with zero attached hydrogens (tertiary/aromatic N) is 1. The lowest BCUT2D eigenvalue weighted by Crippen LogP contribution is -2.10. The fraction of sp³-hybridized carbons (Fsp3) is 0.368. The zero-order valence-electron chi connectivity index (χ0n) is 13.9. The quantitative estimate of drug-likeness (QED) is 0.651. The maximum absolute atomic E-state index is 12.7. The first-order valence-corrected chi connectivity index (χ1v) is 9.21. The first-order chi connectivity index (χ1) is 11.5. The van der Waals surface area contributed by atoms with Crippen LogP contribution in [-0.4, -0.2) is 15.1 Å². The van der Waals surface area contributed by atoms with E-state index in [4.69, 9.17) is 4.98 Å². The molecule has 1 aliphatic carbocycles. The minimum absolute atomic E-state index is 0.0437. The van der Waals surface area contributed by atoms with Crippen molar-refractivity contribution < 1.29 is 5.11 Å². The van der Waals surface area contributed by atoms with Gasteiger partial charge in [0.1, 0.15) is 16.4 Å². The summed E-state index contributed by atoms with van der Waals surface area (Å²) in [6.07, 6.45) is 5.62. The molecule has 0 fully saturated rings. The van der Waals surface area contributed by atoms with Crippen LogP contribution >= 0.6 is 11.3 Å². The molecule has 0 atom stereocenters. The minimum atomic E-state index is -0.0437. The second-order valence-corrected chi connectivity index (χ2v) is 7.70. The lowest BCUT2D eigenvalue weighted by Gasteiger charge is -2.07. The van der Waals surface area contributed by atoms with E-state index in [-0.39, 0.29) is 5.56 Å². The van der Waals surface area contributed by atoms with Crippen LogP contribution in [0, 0.1) is 13.8 Å². The highest BCUT2D eigenvalue weighted by atomic mass is 32.1. The van der Waals surface area contributed by atoms with Gasteiger partial charge in [0.15, 0.2) is 0 Å². The Kier molecular flexibility index (Phi) is 3.68. The number of aromatic amines is 1. The molecule has 2 aromatic heterocycles. The Morgan fingerprint density at radius 1 is 1.12 bits per heavy atom. The van der Waals surface area contributed by atoms with E-state index in [1.165, 1.54) is 23.3 Å². The van der Waals surface area contributed by atoms with E-state index in [9.17, 15) is 9.90 Å². The predicted molar refractivity (Wildman–Crippen MR) is 98.1 cm³/mol. The van der Waals surface area contributed by atoms with Gasteiger partial charge >= 0.3 is 0 Å². The van der Waals surface area contributed by atoms with Crippen LogP contribution in [-0.2, 0) is 12.8 Å². The van der Waals surface area contributed by atoms with Crippen molar-refractivity contribution in [2.24, 2.45) is 0 Å². The molecule has 2 N–H and O–H groups in total. The number of benzene rings is 1. The van der Waals surface area contributed by atoms with Crippen LogP contribution in [0.2, 0.25) is 0 Å². The molecule has 0 spiro atoms. The van der Waals surface area contributed by atoms with E-state index < -0.39 is 0 Å². The Morgan fingerprint density at radius 3 is 2.58 bits per heavy atom. The molecule has 0 saturated heterocycles. The molecule has 24 heavy (non-hydrogen) atoms. The Morgan fingerprint density at radius 2 is 1.83 bits per heavy atom. The van der Waals surface area contributed by atoms with Crippen LogP contribution in [0.25, 0.3) is 21.6 Å². The molecule has 1 aliphatic rings. The molecule has 0 bridgehead atoms. The highest BCUT2D eigenvalue weighted by Gasteiger charge is 2.19. The van der Waals surface area contributed by atoms with Crippen molar-refractivity contribution in [3.05, 3.63) is 44.1 Å². The fourth-order valence-electron chi connectivity index (χ4n) is 3.57. The number of fused-ring (bicyclic) bond motifs is 3. The molecular weight excluding hydrogens is 320 g/mol. The third-order valence-corrected chi connectivity index (χ3v) is 6.03. The molecule has 1 aromatic carbocycles. The molecule has 4 rings (SSSR count). The Labute approximate surface area is 144 Å². The number of rotatable bonds is 1. The van der Waals surface area contributed by atoms with Gasteiger partial charge in [-0.3, -0.25) is 4.79 Å². The number of aryl methyl sites for hydroxylation is 4. The van der Waals surface area contributed by atoms with Gasteiger partial charge in [-0.2, -0.15) is 0 Å². The maximum Gasteiger partial charge on any atom is 0.260 e. The Balaban J connectivity index is 1.92. The zero-order valence-corrected chi connectivity index (χ0v) is 14.7. The molecule has 4 nitrogen and oxygen atoms in total. The van der Waals surface area contributed by atoms with Gasteiger partial charge in [0, 0.05) is 10.4 Å². The van der Waals surface area contributed by atoms with Gasteiger partial charge in [0.05, 0.1) is 5.39 Å². The normalized spacial score (nSPS) is 14.6. The number of thiophene rings is 1.